The number of esters is 1. The van der Waals surface area contributed by atoms with E-state index in [1.54, 1.807) is 6.08 Å². The van der Waals surface area contributed by atoms with Crippen LogP contribution < -0.4 is 5.32 Å². The van der Waals surface area contributed by atoms with Crippen LogP contribution in [0.15, 0.2) is 24.3 Å². The number of hydrogen-bond acceptors (Lipinski definition) is 10. The molecule has 7 unspecified atom stereocenters. The van der Waals surface area contributed by atoms with E-state index in [9.17, 15) is 35.1 Å². The summed E-state index contributed by atoms with van der Waals surface area (Å²) in [5.74, 6) is -0.175. The van der Waals surface area contributed by atoms with Crippen molar-refractivity contribution >= 4 is 11.9 Å². The second-order valence-electron chi connectivity index (χ2n) is 24.2. The summed E-state index contributed by atoms with van der Waals surface area (Å²) in [5.41, 5.74) is 0. The fourth-order valence-corrected chi connectivity index (χ4v) is 11.1. The van der Waals surface area contributed by atoms with Gasteiger partial charge >= 0.3 is 5.97 Å². The first-order valence-corrected chi connectivity index (χ1v) is 34.6. The van der Waals surface area contributed by atoms with E-state index in [-0.39, 0.29) is 18.5 Å². The van der Waals surface area contributed by atoms with Crippen LogP contribution in [-0.4, -0.2) is 100 Å². The summed E-state index contributed by atoms with van der Waals surface area (Å²) in [6, 6.07) is -0.805. The Morgan fingerprint density at radius 2 is 0.800 bits per heavy atom. The highest BCUT2D eigenvalue weighted by molar-refractivity contribution is 5.76. The van der Waals surface area contributed by atoms with E-state index < -0.39 is 49.5 Å². The number of amides is 1. The zero-order valence-corrected chi connectivity index (χ0v) is 52.3. The van der Waals surface area contributed by atoms with E-state index in [4.69, 9.17) is 14.2 Å². The van der Waals surface area contributed by atoms with Crippen LogP contribution in [0.2, 0.25) is 0 Å². The lowest BCUT2D eigenvalue weighted by Crippen LogP contribution is -2.60. The second-order valence-corrected chi connectivity index (χ2v) is 24.2. The molecular formula is C69H131NO10. The minimum atomic E-state index is -1.57. The number of aliphatic hydroxyl groups is 5. The van der Waals surface area contributed by atoms with E-state index in [1.807, 2.05) is 6.08 Å². The van der Waals surface area contributed by atoms with Gasteiger partial charge in [-0.15, -0.1) is 0 Å². The molecule has 1 aliphatic rings. The molecule has 0 aromatic carbocycles. The molecule has 7 atom stereocenters. The molecule has 472 valence electrons. The van der Waals surface area contributed by atoms with Crippen molar-refractivity contribution in [1.29, 1.82) is 0 Å². The van der Waals surface area contributed by atoms with Gasteiger partial charge in [0.05, 0.1) is 32.0 Å². The van der Waals surface area contributed by atoms with Crippen molar-refractivity contribution in [2.75, 3.05) is 19.8 Å². The molecule has 1 saturated heterocycles. The maximum atomic E-state index is 13.0. The standard InChI is InChI=1S/C69H131NO10/c1-3-5-7-9-11-13-14-37-41-45-49-53-57-65(74)78-58-54-50-46-42-38-35-33-31-29-27-25-23-21-19-17-15-16-18-20-22-24-26-28-30-32-34-36-40-44-48-52-56-64(73)70-61(62(72)55-51-47-43-39-12-10-8-6-4-2)60-79-69-68(77)67(76)66(75)63(59-71)80-69/h11,13,51,55,61-63,66-69,71-72,75-77H,3-10,12,14-50,52-54,56-60H2,1-2H3,(H,70,73)/b13-11-,55-51+. The number of rotatable bonds is 61. The Morgan fingerprint density at radius 3 is 1.23 bits per heavy atom. The van der Waals surface area contributed by atoms with Gasteiger partial charge in [0, 0.05) is 12.8 Å². The van der Waals surface area contributed by atoms with Crippen LogP contribution in [0.1, 0.15) is 341 Å². The molecule has 0 aromatic rings. The van der Waals surface area contributed by atoms with Crippen molar-refractivity contribution in [2.45, 2.75) is 384 Å². The summed E-state index contributed by atoms with van der Waals surface area (Å²) < 4.78 is 16.7. The quantitative estimate of drug-likeness (QED) is 0.0195. The second kappa shape index (κ2) is 58.9. The predicted octanol–water partition coefficient (Wildman–Crippen LogP) is 17.2. The van der Waals surface area contributed by atoms with Crippen LogP contribution >= 0.6 is 0 Å². The van der Waals surface area contributed by atoms with Crippen molar-refractivity contribution in [2.24, 2.45) is 0 Å². The van der Waals surface area contributed by atoms with Crippen molar-refractivity contribution in [3.8, 4) is 0 Å². The number of aliphatic hydroxyl groups excluding tert-OH is 5. The summed E-state index contributed by atoms with van der Waals surface area (Å²) in [6.07, 6.45) is 63.3. The molecule has 1 aliphatic heterocycles. The van der Waals surface area contributed by atoms with Crippen LogP contribution in [0.5, 0.6) is 0 Å². The smallest absolute Gasteiger partial charge is 0.305 e. The van der Waals surface area contributed by atoms with Gasteiger partial charge in [-0.25, -0.2) is 0 Å². The molecule has 80 heavy (non-hydrogen) atoms. The Hall–Kier alpha value is -1.86. The minimum absolute atomic E-state index is 0.00289. The third kappa shape index (κ3) is 47.5. The molecule has 0 radical (unpaired) electrons. The summed E-state index contributed by atoms with van der Waals surface area (Å²) in [4.78, 5) is 25.0. The van der Waals surface area contributed by atoms with E-state index in [1.165, 1.54) is 257 Å². The average Bonchev–Trinajstić information content (AvgIpc) is 3.46. The summed E-state index contributed by atoms with van der Waals surface area (Å²) >= 11 is 0. The molecular weight excluding hydrogens is 1000 g/mol. The first kappa shape index (κ1) is 76.2. The molecule has 11 heteroatoms. The number of ether oxygens (including phenoxy) is 3. The highest BCUT2D eigenvalue weighted by Crippen LogP contribution is 2.23. The highest BCUT2D eigenvalue weighted by atomic mass is 16.7. The van der Waals surface area contributed by atoms with Crippen LogP contribution in [-0.2, 0) is 23.8 Å². The fourth-order valence-electron chi connectivity index (χ4n) is 11.1. The van der Waals surface area contributed by atoms with Gasteiger partial charge < -0.3 is 45.1 Å². The molecule has 0 spiro atoms. The molecule has 0 aliphatic carbocycles. The van der Waals surface area contributed by atoms with Crippen LogP contribution in [0.4, 0.5) is 0 Å². The number of carbonyl (C=O) groups is 2. The van der Waals surface area contributed by atoms with Crippen molar-refractivity contribution in [3.05, 3.63) is 24.3 Å². The molecule has 11 nitrogen and oxygen atoms in total. The Labute approximate surface area is 492 Å². The van der Waals surface area contributed by atoms with E-state index in [0.717, 1.165) is 57.8 Å². The van der Waals surface area contributed by atoms with Crippen LogP contribution in [0.3, 0.4) is 0 Å². The van der Waals surface area contributed by atoms with Crippen LogP contribution in [0.25, 0.3) is 0 Å². The lowest BCUT2D eigenvalue weighted by atomic mass is 9.99. The van der Waals surface area contributed by atoms with Crippen molar-refractivity contribution in [3.63, 3.8) is 0 Å². The first-order valence-electron chi connectivity index (χ1n) is 34.6. The first-order chi connectivity index (χ1) is 39.2. The minimum Gasteiger partial charge on any atom is -0.466 e. The topological polar surface area (TPSA) is 175 Å². The molecule has 0 saturated carbocycles. The van der Waals surface area contributed by atoms with Gasteiger partial charge in [0.1, 0.15) is 24.4 Å². The molecule has 0 aromatic heterocycles. The van der Waals surface area contributed by atoms with Gasteiger partial charge in [-0.05, 0) is 57.8 Å². The van der Waals surface area contributed by atoms with Gasteiger partial charge in [-0.3, -0.25) is 9.59 Å². The summed E-state index contributed by atoms with van der Waals surface area (Å²) in [6.45, 7) is 4.32. The number of unbranched alkanes of at least 4 members (excludes halogenated alkanes) is 45. The van der Waals surface area contributed by atoms with Crippen LogP contribution in [0, 0.1) is 0 Å². The van der Waals surface area contributed by atoms with E-state index >= 15 is 0 Å². The molecule has 6 N–H and O–H groups in total. The lowest BCUT2D eigenvalue weighted by Gasteiger charge is -2.40. The van der Waals surface area contributed by atoms with E-state index in [2.05, 4.69) is 31.3 Å². The Bertz CT molecular complexity index is 1380. The number of allylic oxidation sites excluding steroid dienone is 3. The molecule has 1 amide bonds. The van der Waals surface area contributed by atoms with Gasteiger partial charge in [0.15, 0.2) is 6.29 Å². The number of nitrogens with one attached hydrogen (secondary N) is 1. The summed E-state index contributed by atoms with van der Waals surface area (Å²) in [7, 11) is 0. The van der Waals surface area contributed by atoms with Gasteiger partial charge in [-0.1, -0.05) is 295 Å². The number of carbonyl (C=O) groups excluding carboxylic acids is 2. The molecule has 1 rings (SSSR count). The van der Waals surface area contributed by atoms with Crippen molar-refractivity contribution in [1.82, 2.24) is 5.32 Å². The molecule has 1 heterocycles. The largest absolute Gasteiger partial charge is 0.466 e. The van der Waals surface area contributed by atoms with Gasteiger partial charge in [0.2, 0.25) is 5.91 Å². The SMILES string of the molecule is CCCCC/C=C\CCCCCCCC(=O)OCCCCCCCCCCCCCCCCCCCCCCCCCCCCCCCCCC(=O)NC(COC1OC(CO)C(O)C(O)C1O)C(O)/C=C/CCCCCCCCC. The lowest BCUT2D eigenvalue weighted by molar-refractivity contribution is -0.302. The zero-order chi connectivity index (χ0) is 58.0. The Morgan fingerprint density at radius 1 is 0.450 bits per heavy atom. The summed E-state index contributed by atoms with van der Waals surface area (Å²) in [5, 5.41) is 54.3. The zero-order valence-electron chi connectivity index (χ0n) is 52.3. The monoisotopic (exact) mass is 1130 g/mol. The predicted molar refractivity (Wildman–Crippen MR) is 334 cm³/mol. The van der Waals surface area contributed by atoms with Gasteiger partial charge in [0.25, 0.3) is 0 Å². The third-order valence-electron chi connectivity index (χ3n) is 16.6. The number of hydrogen-bond donors (Lipinski definition) is 6. The molecule has 0 bridgehead atoms. The Kier molecular flexibility index (Phi) is 56.1. The fraction of sp³-hybridized carbons (Fsp3) is 0.913. The molecule has 1 fully saturated rings. The maximum Gasteiger partial charge on any atom is 0.305 e. The Balaban J connectivity index is 1.90. The highest BCUT2D eigenvalue weighted by Gasteiger charge is 2.44. The normalized spacial score (nSPS) is 18.4. The third-order valence-corrected chi connectivity index (χ3v) is 16.6. The maximum absolute atomic E-state index is 13.0. The van der Waals surface area contributed by atoms with E-state index in [0.29, 0.717) is 19.4 Å². The average molecular weight is 1130 g/mol. The van der Waals surface area contributed by atoms with Gasteiger partial charge in [-0.2, -0.15) is 0 Å². The van der Waals surface area contributed by atoms with Crippen molar-refractivity contribution < 1.29 is 49.3 Å².